The van der Waals surface area contributed by atoms with Gasteiger partial charge < -0.3 is 11.1 Å². The molecule has 0 unspecified atom stereocenters. The number of amides is 1. The monoisotopic (exact) mass is 272 g/mol. The third kappa shape index (κ3) is 4.58. The summed E-state index contributed by atoms with van der Waals surface area (Å²) in [4.78, 5) is 11.8. The van der Waals surface area contributed by atoms with E-state index in [2.05, 4.69) is 5.32 Å². The fraction of sp³-hybridized carbons (Fsp3) is 0.417. The van der Waals surface area contributed by atoms with Crippen molar-refractivity contribution in [1.82, 2.24) is 0 Å². The summed E-state index contributed by atoms with van der Waals surface area (Å²) in [6.45, 7) is 1.92. The largest absolute Gasteiger partial charge is 0.324 e. The van der Waals surface area contributed by atoms with E-state index in [-0.39, 0.29) is 5.91 Å². The number of anilines is 1. The quantitative estimate of drug-likeness (QED) is 0.866. The summed E-state index contributed by atoms with van der Waals surface area (Å²) < 4.78 is 0. The SMILES string of the molecule is CSCC[C@H](N)C(=O)Nc1cc(Cl)ccc1C. The van der Waals surface area contributed by atoms with Gasteiger partial charge in [0.1, 0.15) is 0 Å². The van der Waals surface area contributed by atoms with Gasteiger partial charge in [0.2, 0.25) is 5.91 Å². The van der Waals surface area contributed by atoms with Crippen molar-refractivity contribution in [3.8, 4) is 0 Å². The summed E-state index contributed by atoms with van der Waals surface area (Å²) in [6, 6.07) is 4.92. The summed E-state index contributed by atoms with van der Waals surface area (Å²) in [5.41, 5.74) is 7.48. The number of carbonyl (C=O) groups excluding carboxylic acids is 1. The van der Waals surface area contributed by atoms with E-state index in [0.29, 0.717) is 11.4 Å². The molecule has 0 saturated carbocycles. The normalized spacial score (nSPS) is 12.2. The van der Waals surface area contributed by atoms with Crippen molar-refractivity contribution in [2.75, 3.05) is 17.3 Å². The van der Waals surface area contributed by atoms with Crippen LogP contribution in [0.15, 0.2) is 18.2 Å². The van der Waals surface area contributed by atoms with E-state index >= 15 is 0 Å². The van der Waals surface area contributed by atoms with Crippen molar-refractivity contribution in [1.29, 1.82) is 0 Å². The Hall–Kier alpha value is -0.710. The van der Waals surface area contributed by atoms with Gasteiger partial charge in [0.25, 0.3) is 0 Å². The zero-order valence-electron chi connectivity index (χ0n) is 10.00. The molecule has 1 atom stereocenters. The predicted molar refractivity (Wildman–Crippen MR) is 75.8 cm³/mol. The van der Waals surface area contributed by atoms with Gasteiger partial charge in [0.05, 0.1) is 6.04 Å². The smallest absolute Gasteiger partial charge is 0.241 e. The minimum Gasteiger partial charge on any atom is -0.324 e. The number of rotatable bonds is 5. The number of aryl methyl sites for hydroxylation is 1. The highest BCUT2D eigenvalue weighted by atomic mass is 35.5. The van der Waals surface area contributed by atoms with E-state index in [0.717, 1.165) is 17.0 Å². The first kappa shape index (κ1) is 14.4. The molecule has 1 aromatic carbocycles. The maximum atomic E-state index is 11.8. The van der Waals surface area contributed by atoms with Gasteiger partial charge in [-0.2, -0.15) is 11.8 Å². The first-order valence-electron chi connectivity index (χ1n) is 5.36. The number of halogens is 1. The molecule has 1 rings (SSSR count). The summed E-state index contributed by atoms with van der Waals surface area (Å²) in [6.07, 6.45) is 2.67. The molecule has 0 saturated heterocycles. The van der Waals surface area contributed by atoms with Crippen molar-refractivity contribution in [3.63, 3.8) is 0 Å². The van der Waals surface area contributed by atoms with Crippen LogP contribution in [0, 0.1) is 6.92 Å². The summed E-state index contributed by atoms with van der Waals surface area (Å²) in [5.74, 6) is 0.716. The Bertz CT molecular complexity index is 398. The van der Waals surface area contributed by atoms with Crippen LogP contribution in [0.4, 0.5) is 5.69 Å². The number of nitrogens with one attached hydrogen (secondary N) is 1. The van der Waals surface area contributed by atoms with Gasteiger partial charge in [0, 0.05) is 10.7 Å². The lowest BCUT2D eigenvalue weighted by atomic mass is 10.1. The molecule has 0 radical (unpaired) electrons. The minimum absolute atomic E-state index is 0.163. The Labute approximate surface area is 111 Å². The molecule has 3 nitrogen and oxygen atoms in total. The standard InChI is InChI=1S/C12H17ClN2OS/c1-8-3-4-9(13)7-11(8)15-12(16)10(14)5-6-17-2/h3-4,7,10H,5-6,14H2,1-2H3,(H,15,16)/t10-/m0/s1. The first-order valence-corrected chi connectivity index (χ1v) is 7.13. The van der Waals surface area contributed by atoms with Gasteiger partial charge in [-0.15, -0.1) is 0 Å². The Morgan fingerprint density at radius 2 is 2.29 bits per heavy atom. The molecule has 0 aromatic heterocycles. The molecule has 94 valence electrons. The Morgan fingerprint density at radius 1 is 1.59 bits per heavy atom. The van der Waals surface area contributed by atoms with Crippen molar-refractivity contribution in [3.05, 3.63) is 28.8 Å². The third-order valence-electron chi connectivity index (χ3n) is 2.43. The fourth-order valence-corrected chi connectivity index (χ4v) is 1.99. The lowest BCUT2D eigenvalue weighted by molar-refractivity contribution is -0.117. The van der Waals surface area contributed by atoms with Crippen LogP contribution in [0.5, 0.6) is 0 Å². The zero-order valence-corrected chi connectivity index (χ0v) is 11.6. The summed E-state index contributed by atoms with van der Waals surface area (Å²) in [7, 11) is 0. The van der Waals surface area contributed by atoms with Gasteiger partial charge >= 0.3 is 0 Å². The van der Waals surface area contributed by atoms with Crippen LogP contribution in [0.25, 0.3) is 0 Å². The molecular formula is C12H17ClN2OS. The highest BCUT2D eigenvalue weighted by Crippen LogP contribution is 2.20. The highest BCUT2D eigenvalue weighted by Gasteiger charge is 2.13. The molecule has 1 amide bonds. The average molecular weight is 273 g/mol. The van der Waals surface area contributed by atoms with Crippen LogP contribution in [-0.4, -0.2) is 24.0 Å². The molecule has 0 aliphatic rings. The van der Waals surface area contributed by atoms with Crippen LogP contribution in [0.1, 0.15) is 12.0 Å². The number of carbonyl (C=O) groups is 1. The van der Waals surface area contributed by atoms with Crippen molar-refractivity contribution in [2.45, 2.75) is 19.4 Å². The third-order valence-corrected chi connectivity index (χ3v) is 3.31. The molecule has 0 aliphatic carbocycles. The molecule has 5 heteroatoms. The second-order valence-electron chi connectivity index (χ2n) is 3.84. The lowest BCUT2D eigenvalue weighted by Gasteiger charge is -2.13. The average Bonchev–Trinajstić information content (AvgIpc) is 2.30. The second kappa shape index (κ2) is 6.89. The zero-order chi connectivity index (χ0) is 12.8. The predicted octanol–water partition coefficient (Wildman–Crippen LogP) is 2.67. The van der Waals surface area contributed by atoms with Crippen molar-refractivity contribution >= 4 is 35.0 Å². The Balaban J connectivity index is 2.64. The molecule has 0 bridgehead atoms. The van der Waals surface area contributed by atoms with Crippen molar-refractivity contribution in [2.24, 2.45) is 5.73 Å². The van der Waals surface area contributed by atoms with Crippen LogP contribution in [0.3, 0.4) is 0 Å². The maximum Gasteiger partial charge on any atom is 0.241 e. The summed E-state index contributed by atoms with van der Waals surface area (Å²) >= 11 is 7.56. The van der Waals surface area contributed by atoms with Crippen LogP contribution in [0.2, 0.25) is 5.02 Å². The number of hydrogen-bond acceptors (Lipinski definition) is 3. The van der Waals surface area contributed by atoms with E-state index < -0.39 is 6.04 Å². The minimum atomic E-state index is -0.471. The molecule has 3 N–H and O–H groups in total. The van der Waals surface area contributed by atoms with Crippen LogP contribution < -0.4 is 11.1 Å². The number of hydrogen-bond donors (Lipinski definition) is 2. The van der Waals surface area contributed by atoms with Gasteiger partial charge in [-0.05, 0) is 43.0 Å². The number of benzene rings is 1. The molecule has 0 fully saturated rings. The van der Waals surface area contributed by atoms with Gasteiger partial charge in [0.15, 0.2) is 0 Å². The summed E-state index contributed by atoms with van der Waals surface area (Å²) in [5, 5.41) is 3.40. The van der Waals surface area contributed by atoms with Gasteiger partial charge in [-0.3, -0.25) is 4.79 Å². The van der Waals surface area contributed by atoms with Gasteiger partial charge in [-0.1, -0.05) is 17.7 Å². The number of nitrogens with two attached hydrogens (primary N) is 1. The molecule has 17 heavy (non-hydrogen) atoms. The Morgan fingerprint density at radius 3 is 2.94 bits per heavy atom. The highest BCUT2D eigenvalue weighted by molar-refractivity contribution is 7.98. The maximum absolute atomic E-state index is 11.8. The molecular weight excluding hydrogens is 256 g/mol. The first-order chi connectivity index (χ1) is 8.04. The Kier molecular flexibility index (Phi) is 5.82. The van der Waals surface area contributed by atoms with Crippen LogP contribution in [-0.2, 0) is 4.79 Å². The van der Waals surface area contributed by atoms with E-state index in [1.165, 1.54) is 0 Å². The van der Waals surface area contributed by atoms with Crippen molar-refractivity contribution < 1.29 is 4.79 Å². The number of thioether (sulfide) groups is 1. The lowest BCUT2D eigenvalue weighted by Crippen LogP contribution is -2.36. The van der Waals surface area contributed by atoms with E-state index in [4.69, 9.17) is 17.3 Å². The molecule has 0 aliphatic heterocycles. The fourth-order valence-electron chi connectivity index (χ4n) is 1.33. The van der Waals surface area contributed by atoms with Crippen LogP contribution >= 0.6 is 23.4 Å². The van der Waals surface area contributed by atoms with E-state index in [1.807, 2.05) is 19.2 Å². The second-order valence-corrected chi connectivity index (χ2v) is 5.26. The van der Waals surface area contributed by atoms with E-state index in [1.54, 1.807) is 23.9 Å². The van der Waals surface area contributed by atoms with Gasteiger partial charge in [-0.25, -0.2) is 0 Å². The molecule has 0 spiro atoms. The topological polar surface area (TPSA) is 55.1 Å². The molecule has 1 aromatic rings. The molecule has 0 heterocycles. The van der Waals surface area contributed by atoms with E-state index in [9.17, 15) is 4.79 Å².